The van der Waals surface area contributed by atoms with E-state index in [0.717, 1.165) is 0 Å². The van der Waals surface area contributed by atoms with E-state index in [2.05, 4.69) is 25.6 Å². The zero-order valence-electron chi connectivity index (χ0n) is 10.6. The van der Waals surface area contributed by atoms with Gasteiger partial charge in [0.05, 0.1) is 16.3 Å². The normalized spacial score (nSPS) is 11.2. The Hall–Kier alpha value is -3.36. The second kappa shape index (κ2) is 4.96. The number of nitrogens with zero attached hydrogens (tertiary/aromatic N) is 5. The molecule has 0 fully saturated rings. The highest BCUT2D eigenvalue weighted by atomic mass is 16.6. The summed E-state index contributed by atoms with van der Waals surface area (Å²) >= 11 is 0. The highest BCUT2D eigenvalue weighted by Crippen LogP contribution is 2.31. The number of nitrogen functional groups attached to an aromatic ring is 1. The SMILES string of the molecule is Nc1ccc2n[nH]nc2c1N=Nc1ccc([N+](=O)[O-])cc1. The Balaban J connectivity index is 1.96. The first kappa shape index (κ1) is 12.7. The number of benzene rings is 2. The van der Waals surface area contributed by atoms with Gasteiger partial charge >= 0.3 is 0 Å². The number of non-ortho nitro benzene ring substituents is 1. The van der Waals surface area contributed by atoms with Gasteiger partial charge in [-0.3, -0.25) is 10.1 Å². The Morgan fingerprint density at radius 3 is 2.57 bits per heavy atom. The number of aromatic nitrogens is 3. The molecule has 0 amide bonds. The molecular weight excluding hydrogens is 274 g/mol. The zero-order valence-corrected chi connectivity index (χ0v) is 10.6. The minimum atomic E-state index is -0.477. The quantitative estimate of drug-likeness (QED) is 0.329. The van der Waals surface area contributed by atoms with Crippen LogP contribution in [0.15, 0.2) is 46.6 Å². The van der Waals surface area contributed by atoms with Crippen LogP contribution >= 0.6 is 0 Å². The summed E-state index contributed by atoms with van der Waals surface area (Å²) in [7, 11) is 0. The number of hydrogen-bond acceptors (Lipinski definition) is 7. The molecule has 3 rings (SSSR count). The third kappa shape index (κ3) is 2.39. The monoisotopic (exact) mass is 283 g/mol. The number of nitrogens with one attached hydrogen (secondary N) is 1. The fraction of sp³-hybridized carbons (Fsp3) is 0. The molecule has 0 saturated carbocycles. The molecule has 0 aliphatic carbocycles. The van der Waals surface area contributed by atoms with Crippen LogP contribution in [-0.2, 0) is 0 Å². The molecule has 0 unspecified atom stereocenters. The lowest BCUT2D eigenvalue weighted by Crippen LogP contribution is -1.86. The van der Waals surface area contributed by atoms with Gasteiger partial charge in [0.25, 0.3) is 5.69 Å². The van der Waals surface area contributed by atoms with Crippen molar-refractivity contribution in [3.8, 4) is 0 Å². The number of H-pyrrole nitrogens is 1. The number of nitrogens with two attached hydrogens (primary N) is 1. The van der Waals surface area contributed by atoms with Gasteiger partial charge in [-0.15, -0.1) is 5.11 Å². The average Bonchev–Trinajstić information content (AvgIpc) is 2.95. The van der Waals surface area contributed by atoms with Gasteiger partial charge in [-0.05, 0) is 24.3 Å². The van der Waals surface area contributed by atoms with Crippen molar-refractivity contribution in [3.63, 3.8) is 0 Å². The molecule has 0 aliphatic heterocycles. The Labute approximate surface area is 117 Å². The predicted octanol–water partition coefficient (Wildman–Crippen LogP) is 2.86. The predicted molar refractivity (Wildman–Crippen MR) is 75.6 cm³/mol. The second-order valence-electron chi connectivity index (χ2n) is 4.17. The van der Waals surface area contributed by atoms with Crippen molar-refractivity contribution < 1.29 is 4.92 Å². The molecule has 0 saturated heterocycles. The maximum Gasteiger partial charge on any atom is 0.269 e. The van der Waals surface area contributed by atoms with Crippen LogP contribution in [0.2, 0.25) is 0 Å². The summed E-state index contributed by atoms with van der Waals surface area (Å²) in [6.45, 7) is 0. The molecule has 9 nitrogen and oxygen atoms in total. The van der Waals surface area contributed by atoms with Crippen molar-refractivity contribution in [1.82, 2.24) is 15.4 Å². The molecule has 2 aromatic carbocycles. The van der Waals surface area contributed by atoms with E-state index < -0.39 is 4.92 Å². The van der Waals surface area contributed by atoms with Crippen LogP contribution in [0.1, 0.15) is 0 Å². The molecular formula is C12H9N7O2. The molecule has 1 heterocycles. The van der Waals surface area contributed by atoms with Crippen LogP contribution in [0, 0.1) is 10.1 Å². The summed E-state index contributed by atoms with van der Waals surface area (Å²) in [4.78, 5) is 10.1. The van der Waals surface area contributed by atoms with E-state index in [1.165, 1.54) is 24.3 Å². The van der Waals surface area contributed by atoms with Gasteiger partial charge in [0.15, 0.2) is 0 Å². The Kier molecular flexibility index (Phi) is 2.99. The highest BCUT2D eigenvalue weighted by Gasteiger charge is 2.08. The lowest BCUT2D eigenvalue weighted by atomic mass is 10.2. The first-order chi connectivity index (χ1) is 10.1. The molecule has 104 valence electrons. The van der Waals surface area contributed by atoms with Crippen LogP contribution in [-0.4, -0.2) is 20.3 Å². The number of fused-ring (bicyclic) bond motifs is 1. The molecule has 0 aliphatic rings. The van der Waals surface area contributed by atoms with Crippen LogP contribution in [0.4, 0.5) is 22.7 Å². The number of nitro benzene ring substituents is 1. The highest BCUT2D eigenvalue weighted by molar-refractivity contribution is 5.92. The summed E-state index contributed by atoms with van der Waals surface area (Å²) < 4.78 is 0. The summed E-state index contributed by atoms with van der Waals surface area (Å²) in [6, 6.07) is 9.10. The summed E-state index contributed by atoms with van der Waals surface area (Å²) in [5.74, 6) is 0. The number of hydrogen-bond donors (Lipinski definition) is 2. The fourth-order valence-electron chi connectivity index (χ4n) is 1.77. The van der Waals surface area contributed by atoms with Crippen LogP contribution in [0.25, 0.3) is 11.0 Å². The number of nitro groups is 1. The minimum absolute atomic E-state index is 0.00735. The van der Waals surface area contributed by atoms with Crippen LogP contribution < -0.4 is 5.73 Å². The van der Waals surface area contributed by atoms with Gasteiger partial charge in [0.1, 0.15) is 16.7 Å². The van der Waals surface area contributed by atoms with Gasteiger partial charge in [-0.2, -0.15) is 20.5 Å². The van der Waals surface area contributed by atoms with Crippen LogP contribution in [0.3, 0.4) is 0 Å². The molecule has 3 N–H and O–H groups in total. The maximum atomic E-state index is 10.6. The molecule has 0 atom stereocenters. The largest absolute Gasteiger partial charge is 0.397 e. The third-order valence-corrected chi connectivity index (χ3v) is 2.82. The number of aromatic amines is 1. The lowest BCUT2D eigenvalue weighted by Gasteiger charge is -1.98. The summed E-state index contributed by atoms with van der Waals surface area (Å²) in [5, 5.41) is 29.0. The van der Waals surface area contributed by atoms with Crippen molar-refractivity contribution in [2.24, 2.45) is 10.2 Å². The van der Waals surface area contributed by atoms with E-state index in [0.29, 0.717) is 28.1 Å². The number of azo groups is 1. The molecule has 0 radical (unpaired) electrons. The maximum absolute atomic E-state index is 10.6. The van der Waals surface area contributed by atoms with E-state index in [9.17, 15) is 10.1 Å². The van der Waals surface area contributed by atoms with Gasteiger partial charge in [0, 0.05) is 12.1 Å². The van der Waals surface area contributed by atoms with Gasteiger partial charge < -0.3 is 5.73 Å². The van der Waals surface area contributed by atoms with Crippen molar-refractivity contribution in [2.75, 3.05) is 5.73 Å². The number of rotatable bonds is 3. The smallest absolute Gasteiger partial charge is 0.269 e. The van der Waals surface area contributed by atoms with E-state index in [4.69, 9.17) is 5.73 Å². The van der Waals surface area contributed by atoms with E-state index in [-0.39, 0.29) is 5.69 Å². The molecule has 1 aromatic heterocycles. The molecule has 21 heavy (non-hydrogen) atoms. The van der Waals surface area contributed by atoms with Crippen molar-refractivity contribution >= 4 is 33.8 Å². The number of anilines is 1. The zero-order chi connectivity index (χ0) is 14.8. The van der Waals surface area contributed by atoms with Gasteiger partial charge in [-0.1, -0.05) is 0 Å². The summed E-state index contributed by atoms with van der Waals surface area (Å²) in [6.07, 6.45) is 0. The fourth-order valence-corrected chi connectivity index (χ4v) is 1.77. The van der Waals surface area contributed by atoms with Crippen molar-refractivity contribution in [2.45, 2.75) is 0 Å². The van der Waals surface area contributed by atoms with E-state index in [1.54, 1.807) is 12.1 Å². The lowest BCUT2D eigenvalue weighted by molar-refractivity contribution is -0.384. The van der Waals surface area contributed by atoms with Gasteiger partial charge in [-0.25, -0.2) is 0 Å². The van der Waals surface area contributed by atoms with E-state index in [1.807, 2.05) is 0 Å². The minimum Gasteiger partial charge on any atom is -0.397 e. The first-order valence-corrected chi connectivity index (χ1v) is 5.90. The Morgan fingerprint density at radius 2 is 1.86 bits per heavy atom. The molecule has 0 bridgehead atoms. The van der Waals surface area contributed by atoms with Crippen molar-refractivity contribution in [3.05, 3.63) is 46.5 Å². The van der Waals surface area contributed by atoms with Crippen LogP contribution in [0.5, 0.6) is 0 Å². The molecule has 0 spiro atoms. The topological polar surface area (TPSA) is 135 Å². The average molecular weight is 283 g/mol. The summed E-state index contributed by atoms with van der Waals surface area (Å²) in [5.41, 5.74) is 8.28. The standard InChI is InChI=1S/C12H9N7O2/c13-9-5-6-10-12(17-18-15-10)11(9)16-14-7-1-3-8(4-2-7)19(20)21/h1-6H,13H2,(H,15,17,18). The van der Waals surface area contributed by atoms with Crippen molar-refractivity contribution in [1.29, 1.82) is 0 Å². The molecule has 3 aromatic rings. The van der Waals surface area contributed by atoms with E-state index >= 15 is 0 Å². The Morgan fingerprint density at radius 1 is 1.10 bits per heavy atom. The third-order valence-electron chi connectivity index (χ3n) is 2.82. The Bertz CT molecular complexity index is 838. The van der Waals surface area contributed by atoms with Gasteiger partial charge in [0.2, 0.25) is 0 Å². The first-order valence-electron chi connectivity index (χ1n) is 5.90. The second-order valence-corrected chi connectivity index (χ2v) is 4.17. The molecule has 9 heteroatoms.